The van der Waals surface area contributed by atoms with Crippen molar-refractivity contribution in [1.82, 2.24) is 4.90 Å². The number of likely N-dealkylation sites (N-methyl/N-ethyl adjacent to an activating group) is 1. The van der Waals surface area contributed by atoms with E-state index in [4.69, 9.17) is 4.74 Å². The zero-order valence-electron chi connectivity index (χ0n) is 9.94. The molecule has 1 unspecified atom stereocenters. The van der Waals surface area contributed by atoms with Crippen LogP contribution in [0.1, 0.15) is 18.9 Å². The van der Waals surface area contributed by atoms with Crippen molar-refractivity contribution in [2.75, 3.05) is 26.7 Å². The minimum absolute atomic E-state index is 0.258. The fourth-order valence-corrected chi connectivity index (χ4v) is 2.34. The minimum atomic E-state index is -0.258. The van der Waals surface area contributed by atoms with Gasteiger partial charge in [-0.3, -0.25) is 0 Å². The predicted octanol–water partition coefficient (Wildman–Crippen LogP) is 1.96. The second kappa shape index (κ2) is 4.44. The maximum atomic E-state index is 9.55. The molecule has 1 N–H and O–H groups in total. The number of morpholine rings is 1. The van der Waals surface area contributed by atoms with Crippen molar-refractivity contribution in [3.63, 3.8) is 0 Å². The maximum absolute atomic E-state index is 9.55. The first-order valence-corrected chi connectivity index (χ1v) is 5.78. The lowest BCUT2D eigenvalue weighted by molar-refractivity contribution is -0.111. The van der Waals surface area contributed by atoms with E-state index >= 15 is 0 Å². The summed E-state index contributed by atoms with van der Waals surface area (Å²) >= 11 is 0. The molecule has 1 aromatic rings. The molecule has 88 valence electrons. The molecular formula is C13H19NO2. The van der Waals surface area contributed by atoms with E-state index in [9.17, 15) is 5.11 Å². The number of phenols is 1. The summed E-state index contributed by atoms with van der Waals surface area (Å²) in [5.41, 5.74) is 0.813. The number of rotatable bonds is 2. The average Bonchev–Trinajstić information content (AvgIpc) is 2.29. The van der Waals surface area contributed by atoms with Crippen LogP contribution in [-0.2, 0) is 10.3 Å². The summed E-state index contributed by atoms with van der Waals surface area (Å²) in [4.78, 5) is 2.27. The van der Waals surface area contributed by atoms with Gasteiger partial charge in [0.1, 0.15) is 11.4 Å². The molecule has 1 fully saturated rings. The zero-order chi connectivity index (χ0) is 11.6. The number of phenolic OH excluding ortho intramolecular Hbond substituents is 1. The van der Waals surface area contributed by atoms with Crippen molar-refractivity contribution in [3.05, 3.63) is 29.8 Å². The molecule has 16 heavy (non-hydrogen) atoms. The predicted molar refractivity (Wildman–Crippen MR) is 63.5 cm³/mol. The van der Waals surface area contributed by atoms with Crippen molar-refractivity contribution in [2.45, 2.75) is 18.9 Å². The third kappa shape index (κ3) is 2.06. The molecule has 1 heterocycles. The lowest BCUT2D eigenvalue weighted by Gasteiger charge is -2.41. The van der Waals surface area contributed by atoms with Crippen LogP contribution in [0.5, 0.6) is 5.75 Å². The van der Waals surface area contributed by atoms with E-state index in [0.29, 0.717) is 5.75 Å². The molecule has 1 aliphatic heterocycles. The van der Waals surface area contributed by atoms with Crippen LogP contribution >= 0.6 is 0 Å². The van der Waals surface area contributed by atoms with Crippen molar-refractivity contribution < 1.29 is 9.84 Å². The molecule has 0 bridgehead atoms. The first kappa shape index (κ1) is 11.4. The van der Waals surface area contributed by atoms with Gasteiger partial charge in [-0.1, -0.05) is 19.1 Å². The number of ether oxygens (including phenoxy) is 1. The topological polar surface area (TPSA) is 32.7 Å². The number of nitrogens with zero attached hydrogens (tertiary/aromatic N) is 1. The summed E-state index contributed by atoms with van der Waals surface area (Å²) < 4.78 is 5.97. The third-order valence-electron chi connectivity index (χ3n) is 3.32. The van der Waals surface area contributed by atoms with E-state index in [1.165, 1.54) is 0 Å². The molecule has 2 rings (SSSR count). The van der Waals surface area contributed by atoms with Crippen LogP contribution in [0.4, 0.5) is 0 Å². The van der Waals surface area contributed by atoms with Gasteiger partial charge in [0.25, 0.3) is 0 Å². The van der Waals surface area contributed by atoms with Crippen LogP contribution in [0.25, 0.3) is 0 Å². The maximum Gasteiger partial charge on any atom is 0.115 e. The van der Waals surface area contributed by atoms with Crippen LogP contribution in [0.3, 0.4) is 0 Å². The molecule has 3 nitrogen and oxygen atoms in total. The summed E-state index contributed by atoms with van der Waals surface area (Å²) in [6.07, 6.45) is 0.917. The second-order valence-corrected chi connectivity index (χ2v) is 4.48. The summed E-state index contributed by atoms with van der Waals surface area (Å²) in [7, 11) is 2.11. The van der Waals surface area contributed by atoms with Crippen molar-refractivity contribution in [1.29, 1.82) is 0 Å². The van der Waals surface area contributed by atoms with Crippen LogP contribution in [0.15, 0.2) is 24.3 Å². The SMILES string of the molecule is CCC1(c2cccc(O)c2)CN(C)CCO1. The Labute approximate surface area is 96.6 Å². The largest absolute Gasteiger partial charge is 0.508 e. The van der Waals surface area contributed by atoms with Crippen molar-refractivity contribution >= 4 is 0 Å². The van der Waals surface area contributed by atoms with Crippen LogP contribution in [0, 0.1) is 0 Å². The first-order chi connectivity index (χ1) is 7.66. The summed E-state index contributed by atoms with van der Waals surface area (Å²) in [6, 6.07) is 7.41. The van der Waals surface area contributed by atoms with Gasteiger partial charge >= 0.3 is 0 Å². The van der Waals surface area contributed by atoms with Gasteiger partial charge in [-0.25, -0.2) is 0 Å². The molecule has 3 heteroatoms. The van der Waals surface area contributed by atoms with E-state index in [1.807, 2.05) is 18.2 Å². The molecular weight excluding hydrogens is 202 g/mol. The van der Waals surface area contributed by atoms with E-state index in [1.54, 1.807) is 6.07 Å². The van der Waals surface area contributed by atoms with Gasteiger partial charge in [0.05, 0.1) is 6.61 Å². The summed E-state index contributed by atoms with van der Waals surface area (Å²) in [5.74, 6) is 0.308. The van der Waals surface area contributed by atoms with E-state index in [0.717, 1.165) is 31.7 Å². The quantitative estimate of drug-likeness (QED) is 0.828. The molecule has 0 aliphatic carbocycles. The van der Waals surface area contributed by atoms with Gasteiger partial charge < -0.3 is 14.7 Å². The Morgan fingerprint density at radius 2 is 2.31 bits per heavy atom. The van der Waals surface area contributed by atoms with Gasteiger partial charge in [0.15, 0.2) is 0 Å². The summed E-state index contributed by atoms with van der Waals surface area (Å²) in [5, 5.41) is 9.55. The number of hydrogen-bond donors (Lipinski definition) is 1. The Hall–Kier alpha value is -1.06. The van der Waals surface area contributed by atoms with Crippen LogP contribution < -0.4 is 0 Å². The number of hydrogen-bond acceptors (Lipinski definition) is 3. The Balaban J connectivity index is 2.33. The highest BCUT2D eigenvalue weighted by Gasteiger charge is 2.35. The van der Waals surface area contributed by atoms with Crippen molar-refractivity contribution in [2.24, 2.45) is 0 Å². The molecule has 1 aliphatic rings. The van der Waals surface area contributed by atoms with E-state index in [2.05, 4.69) is 18.9 Å². The molecule has 1 atom stereocenters. The van der Waals surface area contributed by atoms with Gasteiger partial charge in [0, 0.05) is 13.1 Å². The molecule has 1 aromatic carbocycles. The van der Waals surface area contributed by atoms with Gasteiger partial charge in [-0.2, -0.15) is 0 Å². The number of benzene rings is 1. The molecule has 0 amide bonds. The third-order valence-corrected chi connectivity index (χ3v) is 3.32. The highest BCUT2D eigenvalue weighted by atomic mass is 16.5. The Bertz CT molecular complexity index is 367. The van der Waals surface area contributed by atoms with Crippen molar-refractivity contribution in [3.8, 4) is 5.75 Å². The molecule has 0 aromatic heterocycles. The highest BCUT2D eigenvalue weighted by Crippen LogP contribution is 2.34. The van der Waals surface area contributed by atoms with E-state index < -0.39 is 0 Å². The lowest BCUT2D eigenvalue weighted by atomic mass is 9.89. The lowest BCUT2D eigenvalue weighted by Crippen LogP contribution is -2.47. The Morgan fingerprint density at radius 1 is 1.50 bits per heavy atom. The fraction of sp³-hybridized carbons (Fsp3) is 0.538. The highest BCUT2D eigenvalue weighted by molar-refractivity contribution is 5.32. The molecule has 1 saturated heterocycles. The molecule has 0 spiro atoms. The zero-order valence-corrected chi connectivity index (χ0v) is 9.94. The molecule has 0 saturated carbocycles. The Morgan fingerprint density at radius 3 is 2.94 bits per heavy atom. The smallest absolute Gasteiger partial charge is 0.115 e. The van der Waals surface area contributed by atoms with Crippen LogP contribution in [0.2, 0.25) is 0 Å². The normalized spacial score (nSPS) is 26.9. The van der Waals surface area contributed by atoms with Crippen LogP contribution in [-0.4, -0.2) is 36.8 Å². The van der Waals surface area contributed by atoms with Gasteiger partial charge in [-0.05, 0) is 31.2 Å². The van der Waals surface area contributed by atoms with Gasteiger partial charge in [-0.15, -0.1) is 0 Å². The second-order valence-electron chi connectivity index (χ2n) is 4.48. The monoisotopic (exact) mass is 221 g/mol. The average molecular weight is 221 g/mol. The first-order valence-electron chi connectivity index (χ1n) is 5.78. The Kier molecular flexibility index (Phi) is 3.17. The van der Waals surface area contributed by atoms with E-state index in [-0.39, 0.29) is 5.60 Å². The molecule has 0 radical (unpaired) electrons. The number of aromatic hydroxyl groups is 1. The fourth-order valence-electron chi connectivity index (χ4n) is 2.34. The standard InChI is InChI=1S/C13H19NO2/c1-3-13(10-14(2)7-8-16-13)11-5-4-6-12(15)9-11/h4-6,9,15H,3,7-8,10H2,1-2H3. The van der Waals surface area contributed by atoms with Gasteiger partial charge in [0.2, 0.25) is 0 Å². The minimum Gasteiger partial charge on any atom is -0.508 e. The summed E-state index contributed by atoms with van der Waals surface area (Å²) in [6.45, 7) is 4.73.